The molecule has 0 atom stereocenters. The number of carbonyl (C=O) groups is 1. The van der Waals surface area contributed by atoms with Gasteiger partial charge < -0.3 is 15.7 Å². The number of rotatable bonds is 5. The van der Waals surface area contributed by atoms with Crippen molar-refractivity contribution < 1.29 is 9.90 Å². The van der Waals surface area contributed by atoms with E-state index in [2.05, 4.69) is 15.7 Å². The van der Waals surface area contributed by atoms with E-state index in [1.807, 2.05) is 18.2 Å². The van der Waals surface area contributed by atoms with Gasteiger partial charge in [0.05, 0.1) is 18.8 Å². The Labute approximate surface area is 145 Å². The Hall–Kier alpha value is -1.89. The van der Waals surface area contributed by atoms with Crippen LogP contribution in [0.5, 0.6) is 0 Å². The molecule has 3 N–H and O–H groups in total. The molecule has 0 unspecified atom stereocenters. The summed E-state index contributed by atoms with van der Waals surface area (Å²) < 4.78 is 1.63. The van der Waals surface area contributed by atoms with Crippen LogP contribution < -0.4 is 10.6 Å². The zero-order valence-corrected chi connectivity index (χ0v) is 14.1. The first-order valence-electron chi connectivity index (χ1n) is 8.13. The van der Waals surface area contributed by atoms with Crippen molar-refractivity contribution in [3.63, 3.8) is 0 Å². The SMILES string of the molecule is O=C(Nc1cc(-c2ccc(Cl)cc2)nn1CCO)C1CCNCC1. The average molecular weight is 349 g/mol. The maximum absolute atomic E-state index is 12.5. The van der Waals surface area contributed by atoms with Gasteiger partial charge >= 0.3 is 0 Å². The van der Waals surface area contributed by atoms with E-state index in [0.29, 0.717) is 17.4 Å². The molecule has 3 rings (SSSR count). The van der Waals surface area contributed by atoms with Gasteiger partial charge in [-0.3, -0.25) is 4.79 Å². The van der Waals surface area contributed by atoms with E-state index >= 15 is 0 Å². The van der Waals surface area contributed by atoms with Gasteiger partial charge in [-0.25, -0.2) is 4.68 Å². The lowest BCUT2D eigenvalue weighted by molar-refractivity contribution is -0.120. The predicted molar refractivity (Wildman–Crippen MR) is 94.0 cm³/mol. The summed E-state index contributed by atoms with van der Waals surface area (Å²) in [5.74, 6) is 0.637. The maximum atomic E-state index is 12.5. The van der Waals surface area contributed by atoms with Gasteiger partial charge in [0.1, 0.15) is 5.82 Å². The monoisotopic (exact) mass is 348 g/mol. The molecule has 7 heteroatoms. The third-order valence-electron chi connectivity index (χ3n) is 4.19. The summed E-state index contributed by atoms with van der Waals surface area (Å²) in [5.41, 5.74) is 1.65. The van der Waals surface area contributed by atoms with Crippen molar-refractivity contribution in [2.75, 3.05) is 25.0 Å². The van der Waals surface area contributed by atoms with Crippen molar-refractivity contribution in [2.24, 2.45) is 5.92 Å². The number of amides is 1. The molecule has 1 saturated heterocycles. The molecular weight excluding hydrogens is 328 g/mol. The number of benzene rings is 1. The Kier molecular flexibility index (Phi) is 5.50. The van der Waals surface area contributed by atoms with Crippen LogP contribution in [0, 0.1) is 5.92 Å². The molecule has 1 fully saturated rings. The third-order valence-corrected chi connectivity index (χ3v) is 4.44. The predicted octanol–water partition coefficient (Wildman–Crippen LogP) is 2.13. The number of nitrogens with one attached hydrogen (secondary N) is 2. The molecule has 0 radical (unpaired) electrons. The van der Waals surface area contributed by atoms with Crippen LogP contribution >= 0.6 is 11.6 Å². The van der Waals surface area contributed by atoms with E-state index in [9.17, 15) is 9.90 Å². The van der Waals surface area contributed by atoms with Crippen molar-refractivity contribution >= 4 is 23.3 Å². The number of aliphatic hydroxyl groups excluding tert-OH is 1. The molecule has 1 amide bonds. The molecule has 1 aliphatic rings. The van der Waals surface area contributed by atoms with E-state index in [0.717, 1.165) is 37.2 Å². The molecule has 1 aromatic carbocycles. The molecule has 0 aliphatic carbocycles. The van der Waals surface area contributed by atoms with Crippen LogP contribution in [-0.2, 0) is 11.3 Å². The van der Waals surface area contributed by atoms with Crippen molar-refractivity contribution in [1.82, 2.24) is 15.1 Å². The standard InChI is InChI=1S/C17H21ClN4O2/c18-14-3-1-12(2-4-14)15-11-16(22(21-15)9-10-23)20-17(24)13-5-7-19-8-6-13/h1-4,11,13,19,23H,5-10H2,(H,20,24). The second kappa shape index (κ2) is 7.79. The normalized spacial score (nSPS) is 15.4. The van der Waals surface area contributed by atoms with Crippen molar-refractivity contribution in [1.29, 1.82) is 0 Å². The van der Waals surface area contributed by atoms with Gasteiger partial charge in [0, 0.05) is 22.6 Å². The lowest BCUT2D eigenvalue weighted by Crippen LogP contribution is -2.35. The Balaban J connectivity index is 1.80. The van der Waals surface area contributed by atoms with Crippen LogP contribution in [0.4, 0.5) is 5.82 Å². The second-order valence-corrected chi connectivity index (χ2v) is 6.32. The number of anilines is 1. The number of carbonyl (C=O) groups excluding carboxylic acids is 1. The molecule has 6 nitrogen and oxygen atoms in total. The first-order valence-corrected chi connectivity index (χ1v) is 8.51. The number of nitrogens with zero attached hydrogens (tertiary/aromatic N) is 2. The molecular formula is C17H21ClN4O2. The zero-order chi connectivity index (χ0) is 16.9. The summed E-state index contributed by atoms with van der Waals surface area (Å²) in [6, 6.07) is 9.20. The molecule has 0 spiro atoms. The van der Waals surface area contributed by atoms with E-state index < -0.39 is 0 Å². The van der Waals surface area contributed by atoms with Crippen LogP contribution in [-0.4, -0.2) is 40.5 Å². The van der Waals surface area contributed by atoms with Crippen LogP contribution in [0.15, 0.2) is 30.3 Å². The highest BCUT2D eigenvalue weighted by molar-refractivity contribution is 6.30. The van der Waals surface area contributed by atoms with Crippen LogP contribution in [0.3, 0.4) is 0 Å². The first kappa shape index (κ1) is 17.0. The van der Waals surface area contributed by atoms with Gasteiger partial charge in [-0.1, -0.05) is 23.7 Å². The van der Waals surface area contributed by atoms with E-state index in [1.165, 1.54) is 0 Å². The lowest BCUT2D eigenvalue weighted by Gasteiger charge is -2.21. The molecule has 0 bridgehead atoms. The minimum absolute atomic E-state index is 0.0123. The largest absolute Gasteiger partial charge is 0.394 e. The molecule has 1 aromatic heterocycles. The van der Waals surface area contributed by atoms with E-state index in [1.54, 1.807) is 16.8 Å². The topological polar surface area (TPSA) is 79.2 Å². The molecule has 1 aliphatic heterocycles. The Morgan fingerprint density at radius 1 is 1.33 bits per heavy atom. The Bertz CT molecular complexity index is 693. The van der Waals surface area contributed by atoms with E-state index in [-0.39, 0.29) is 18.4 Å². The molecule has 24 heavy (non-hydrogen) atoms. The van der Waals surface area contributed by atoms with Crippen LogP contribution in [0.1, 0.15) is 12.8 Å². The fourth-order valence-electron chi connectivity index (χ4n) is 2.86. The second-order valence-electron chi connectivity index (χ2n) is 5.88. The van der Waals surface area contributed by atoms with Gasteiger partial charge in [-0.05, 0) is 38.1 Å². The van der Waals surface area contributed by atoms with Gasteiger partial charge in [-0.15, -0.1) is 0 Å². The zero-order valence-electron chi connectivity index (χ0n) is 13.3. The van der Waals surface area contributed by atoms with Crippen LogP contribution in [0.2, 0.25) is 5.02 Å². The van der Waals surface area contributed by atoms with Crippen molar-refractivity contribution in [3.05, 3.63) is 35.4 Å². The molecule has 2 heterocycles. The van der Waals surface area contributed by atoms with Gasteiger partial charge in [-0.2, -0.15) is 5.10 Å². The van der Waals surface area contributed by atoms with Crippen molar-refractivity contribution in [2.45, 2.75) is 19.4 Å². The van der Waals surface area contributed by atoms with Gasteiger partial charge in [0.2, 0.25) is 5.91 Å². The quantitative estimate of drug-likeness (QED) is 0.773. The minimum Gasteiger partial charge on any atom is -0.394 e. The lowest BCUT2D eigenvalue weighted by atomic mass is 9.97. The molecule has 0 saturated carbocycles. The number of piperidine rings is 1. The number of hydrogen-bond donors (Lipinski definition) is 3. The highest BCUT2D eigenvalue weighted by atomic mass is 35.5. The number of aromatic nitrogens is 2. The number of halogens is 1. The average Bonchev–Trinajstić information content (AvgIpc) is 2.99. The summed E-state index contributed by atoms with van der Waals surface area (Å²) in [6.07, 6.45) is 1.67. The van der Waals surface area contributed by atoms with Crippen molar-refractivity contribution in [3.8, 4) is 11.3 Å². The third kappa shape index (κ3) is 3.95. The highest BCUT2D eigenvalue weighted by Gasteiger charge is 2.22. The summed E-state index contributed by atoms with van der Waals surface area (Å²) in [6.45, 7) is 2.02. The molecule has 2 aromatic rings. The summed E-state index contributed by atoms with van der Waals surface area (Å²) >= 11 is 5.92. The van der Waals surface area contributed by atoms with Crippen LogP contribution in [0.25, 0.3) is 11.3 Å². The summed E-state index contributed by atoms with van der Waals surface area (Å²) in [7, 11) is 0. The minimum atomic E-state index is -0.0437. The number of hydrogen-bond acceptors (Lipinski definition) is 4. The number of aliphatic hydroxyl groups is 1. The van der Waals surface area contributed by atoms with Gasteiger partial charge in [0.15, 0.2) is 0 Å². The Morgan fingerprint density at radius 3 is 2.71 bits per heavy atom. The van der Waals surface area contributed by atoms with Gasteiger partial charge in [0.25, 0.3) is 0 Å². The highest BCUT2D eigenvalue weighted by Crippen LogP contribution is 2.24. The summed E-state index contributed by atoms with van der Waals surface area (Å²) in [5, 5.41) is 20.6. The first-order chi connectivity index (χ1) is 11.7. The fraction of sp³-hybridized carbons (Fsp3) is 0.412. The smallest absolute Gasteiger partial charge is 0.228 e. The maximum Gasteiger partial charge on any atom is 0.228 e. The summed E-state index contributed by atoms with van der Waals surface area (Å²) in [4.78, 5) is 12.5. The molecule has 128 valence electrons. The van der Waals surface area contributed by atoms with E-state index in [4.69, 9.17) is 11.6 Å². The fourth-order valence-corrected chi connectivity index (χ4v) is 2.98. The Morgan fingerprint density at radius 2 is 2.04 bits per heavy atom.